The molecule has 0 saturated carbocycles. The van der Waals surface area contributed by atoms with Crippen LogP contribution in [0.5, 0.6) is 11.5 Å². The van der Waals surface area contributed by atoms with Gasteiger partial charge in [0.2, 0.25) is 0 Å². The minimum absolute atomic E-state index is 0.262. The van der Waals surface area contributed by atoms with E-state index in [1.807, 2.05) is 17.0 Å². The van der Waals surface area contributed by atoms with Crippen molar-refractivity contribution in [3.8, 4) is 11.5 Å². The Labute approximate surface area is 152 Å². The third-order valence-electron chi connectivity index (χ3n) is 4.53. The highest BCUT2D eigenvalue weighted by atomic mass is 19.1. The van der Waals surface area contributed by atoms with Gasteiger partial charge >= 0.3 is 0 Å². The molecule has 0 spiro atoms. The molecule has 26 heavy (non-hydrogen) atoms. The molecule has 2 aromatic carbocycles. The number of methoxy groups -OCH3 is 2. The Balaban J connectivity index is 1.80. The lowest BCUT2D eigenvalue weighted by Crippen LogP contribution is -2.19. The third-order valence-corrected chi connectivity index (χ3v) is 4.53. The maximum Gasteiger partial charge on any atom is 0.185 e. The molecule has 4 nitrogen and oxygen atoms in total. The molecule has 2 aromatic rings. The van der Waals surface area contributed by atoms with Gasteiger partial charge < -0.3 is 14.4 Å². The molecule has 1 aliphatic rings. The lowest BCUT2D eigenvalue weighted by atomic mass is 10.1. The molecule has 1 aliphatic heterocycles. The molecule has 0 atom stereocenters. The first-order valence-electron chi connectivity index (χ1n) is 8.62. The number of rotatable bonds is 6. The van der Waals surface area contributed by atoms with Crippen molar-refractivity contribution in [2.75, 3.05) is 32.2 Å². The van der Waals surface area contributed by atoms with Gasteiger partial charge in [-0.1, -0.05) is 12.1 Å². The molecule has 136 valence electrons. The molecule has 0 unspecified atom stereocenters. The molecule has 5 heteroatoms. The number of halogens is 1. The van der Waals surface area contributed by atoms with Gasteiger partial charge in [0.05, 0.1) is 19.9 Å². The second-order valence-electron chi connectivity index (χ2n) is 6.14. The molecule has 0 bridgehead atoms. The molecule has 3 rings (SSSR count). The summed E-state index contributed by atoms with van der Waals surface area (Å²) in [5.74, 6) is 0.518. The van der Waals surface area contributed by atoms with Crippen LogP contribution in [0.15, 0.2) is 42.5 Å². The van der Waals surface area contributed by atoms with Crippen LogP contribution in [0.1, 0.15) is 28.8 Å². The van der Waals surface area contributed by atoms with Crippen molar-refractivity contribution < 1.29 is 18.7 Å². The molecular weight excluding hydrogens is 333 g/mol. The number of hydrogen-bond donors (Lipinski definition) is 0. The first-order chi connectivity index (χ1) is 12.6. The molecular formula is C21H22FNO3. The quantitative estimate of drug-likeness (QED) is 0.571. The van der Waals surface area contributed by atoms with E-state index in [-0.39, 0.29) is 11.6 Å². The standard InChI is InChI=1S/C21H22FNO3/c1-25-20-7-5-6-15(21(20)26-2)9-11-19(24)16-8-10-18(17(22)14-16)23-12-3-4-13-23/h5-11,14H,3-4,12-13H2,1-2H3. The van der Waals surface area contributed by atoms with Gasteiger partial charge in [-0.25, -0.2) is 4.39 Å². The van der Waals surface area contributed by atoms with Gasteiger partial charge in [0.25, 0.3) is 0 Å². The number of allylic oxidation sites excluding steroid dienone is 1. The second kappa shape index (κ2) is 8.04. The van der Waals surface area contributed by atoms with Crippen molar-refractivity contribution in [3.05, 3.63) is 59.4 Å². The van der Waals surface area contributed by atoms with Crippen molar-refractivity contribution in [3.63, 3.8) is 0 Å². The van der Waals surface area contributed by atoms with Gasteiger partial charge in [-0.15, -0.1) is 0 Å². The number of hydrogen-bond acceptors (Lipinski definition) is 4. The summed E-state index contributed by atoms with van der Waals surface area (Å²) in [7, 11) is 3.10. The predicted octanol–water partition coefficient (Wildman–Crippen LogP) is 4.34. The SMILES string of the molecule is COc1cccc(C=CC(=O)c2ccc(N3CCCC3)c(F)c2)c1OC. The van der Waals surface area contributed by atoms with E-state index in [0.717, 1.165) is 25.9 Å². The van der Waals surface area contributed by atoms with Crippen molar-refractivity contribution in [1.29, 1.82) is 0 Å². The summed E-state index contributed by atoms with van der Waals surface area (Å²) in [4.78, 5) is 14.4. The minimum Gasteiger partial charge on any atom is -0.493 e. The summed E-state index contributed by atoms with van der Waals surface area (Å²) in [6.45, 7) is 1.72. The summed E-state index contributed by atoms with van der Waals surface area (Å²) in [5, 5.41) is 0. The van der Waals surface area contributed by atoms with Gasteiger partial charge in [-0.2, -0.15) is 0 Å². The smallest absolute Gasteiger partial charge is 0.185 e. The summed E-state index contributed by atoms with van der Waals surface area (Å²) in [6, 6.07) is 10.1. The highest BCUT2D eigenvalue weighted by Crippen LogP contribution is 2.31. The van der Waals surface area contributed by atoms with Crippen LogP contribution in [0.3, 0.4) is 0 Å². The van der Waals surface area contributed by atoms with Crippen LogP contribution in [0.25, 0.3) is 6.08 Å². The molecule has 1 fully saturated rings. The van der Waals surface area contributed by atoms with Crippen LogP contribution < -0.4 is 14.4 Å². The van der Waals surface area contributed by atoms with E-state index in [1.165, 1.54) is 12.1 Å². The number of carbonyl (C=O) groups is 1. The average molecular weight is 355 g/mol. The normalized spacial score (nSPS) is 14.0. The van der Waals surface area contributed by atoms with Gasteiger partial charge in [-0.05, 0) is 49.3 Å². The zero-order valence-electron chi connectivity index (χ0n) is 15.0. The van der Waals surface area contributed by atoms with Crippen LogP contribution in [0.4, 0.5) is 10.1 Å². The number of carbonyl (C=O) groups excluding carboxylic acids is 1. The summed E-state index contributed by atoms with van der Waals surface area (Å²) in [5.41, 5.74) is 1.61. The third kappa shape index (κ3) is 3.72. The molecule has 0 aliphatic carbocycles. The lowest BCUT2D eigenvalue weighted by molar-refractivity contribution is 0.104. The summed E-state index contributed by atoms with van der Waals surface area (Å²) in [6.07, 6.45) is 5.22. The number of ether oxygens (including phenoxy) is 2. The zero-order chi connectivity index (χ0) is 18.5. The number of para-hydroxylation sites is 1. The Morgan fingerprint density at radius 1 is 1.12 bits per heavy atom. The topological polar surface area (TPSA) is 38.8 Å². The Morgan fingerprint density at radius 3 is 2.54 bits per heavy atom. The van der Waals surface area contributed by atoms with E-state index in [4.69, 9.17) is 9.47 Å². The molecule has 1 heterocycles. The van der Waals surface area contributed by atoms with E-state index >= 15 is 0 Å². The van der Waals surface area contributed by atoms with Gasteiger partial charge in [0.1, 0.15) is 5.82 Å². The van der Waals surface area contributed by atoms with E-state index in [9.17, 15) is 9.18 Å². The second-order valence-corrected chi connectivity index (χ2v) is 6.14. The van der Waals surface area contributed by atoms with Gasteiger partial charge in [-0.3, -0.25) is 4.79 Å². The number of benzene rings is 2. The van der Waals surface area contributed by atoms with Crippen molar-refractivity contribution in [2.24, 2.45) is 0 Å². The molecule has 0 radical (unpaired) electrons. The Morgan fingerprint density at radius 2 is 1.88 bits per heavy atom. The molecule has 0 aromatic heterocycles. The van der Waals surface area contributed by atoms with Crippen LogP contribution in [0.2, 0.25) is 0 Å². The van der Waals surface area contributed by atoms with Gasteiger partial charge in [0, 0.05) is 24.2 Å². The van der Waals surface area contributed by atoms with E-state index in [0.29, 0.717) is 28.3 Å². The summed E-state index contributed by atoms with van der Waals surface area (Å²) >= 11 is 0. The average Bonchev–Trinajstić information content (AvgIpc) is 3.19. The number of ketones is 1. The van der Waals surface area contributed by atoms with Crippen molar-refractivity contribution in [1.82, 2.24) is 0 Å². The largest absolute Gasteiger partial charge is 0.493 e. The van der Waals surface area contributed by atoms with Crippen LogP contribution >= 0.6 is 0 Å². The predicted molar refractivity (Wildman–Crippen MR) is 101 cm³/mol. The molecule has 1 saturated heterocycles. The maximum absolute atomic E-state index is 14.4. The van der Waals surface area contributed by atoms with E-state index in [2.05, 4.69) is 0 Å². The maximum atomic E-state index is 14.4. The van der Waals surface area contributed by atoms with Crippen LogP contribution in [-0.2, 0) is 0 Å². The number of nitrogens with zero attached hydrogens (tertiary/aromatic N) is 1. The Hall–Kier alpha value is -2.82. The fraction of sp³-hybridized carbons (Fsp3) is 0.286. The zero-order valence-corrected chi connectivity index (χ0v) is 15.0. The Kier molecular flexibility index (Phi) is 5.56. The lowest BCUT2D eigenvalue weighted by Gasteiger charge is -2.18. The van der Waals surface area contributed by atoms with E-state index in [1.54, 1.807) is 38.5 Å². The monoisotopic (exact) mass is 355 g/mol. The van der Waals surface area contributed by atoms with Gasteiger partial charge in [0.15, 0.2) is 17.3 Å². The first-order valence-corrected chi connectivity index (χ1v) is 8.62. The first kappa shape index (κ1) is 18.0. The fourth-order valence-electron chi connectivity index (χ4n) is 3.18. The van der Waals surface area contributed by atoms with Crippen molar-refractivity contribution in [2.45, 2.75) is 12.8 Å². The highest BCUT2D eigenvalue weighted by molar-refractivity contribution is 6.07. The van der Waals surface area contributed by atoms with Crippen molar-refractivity contribution >= 4 is 17.5 Å². The fourth-order valence-corrected chi connectivity index (χ4v) is 3.18. The minimum atomic E-state index is -0.356. The number of anilines is 1. The Bertz CT molecular complexity index is 826. The summed E-state index contributed by atoms with van der Waals surface area (Å²) < 4.78 is 25.0. The highest BCUT2D eigenvalue weighted by Gasteiger charge is 2.17. The molecule has 0 amide bonds. The van der Waals surface area contributed by atoms with Crippen LogP contribution in [-0.4, -0.2) is 33.1 Å². The van der Waals surface area contributed by atoms with E-state index < -0.39 is 0 Å². The van der Waals surface area contributed by atoms with Crippen LogP contribution in [0, 0.1) is 5.82 Å². The molecule has 0 N–H and O–H groups in total.